The first-order valence-corrected chi connectivity index (χ1v) is 18.6. The number of pyridine rings is 1. The number of aromatic nitrogens is 4. The molecule has 55 heavy (non-hydrogen) atoms. The van der Waals surface area contributed by atoms with Gasteiger partial charge in [-0.1, -0.05) is 152 Å². The highest BCUT2D eigenvalue weighted by Gasteiger charge is 2.19. The van der Waals surface area contributed by atoms with Gasteiger partial charge in [0.1, 0.15) is 11.0 Å². The lowest BCUT2D eigenvalue weighted by molar-refractivity contribution is 0.766. The summed E-state index contributed by atoms with van der Waals surface area (Å²) < 4.78 is 0. The van der Waals surface area contributed by atoms with Crippen molar-refractivity contribution < 1.29 is 0 Å². The van der Waals surface area contributed by atoms with Crippen molar-refractivity contribution in [1.82, 2.24) is 20.0 Å². The number of rotatable bonds is 5. The van der Waals surface area contributed by atoms with Crippen LogP contribution in [0.2, 0.25) is 0 Å². The van der Waals surface area contributed by atoms with Gasteiger partial charge < -0.3 is 0 Å². The molecule has 0 aliphatic rings. The number of hydrogen-bond acceptors (Lipinski definition) is 3. The first kappa shape index (κ1) is 31.1. The molecule has 0 N–H and O–H groups in total. The average molecular weight is 701 g/mol. The molecular weight excluding hydrogens is 669 g/mol. The van der Waals surface area contributed by atoms with Crippen LogP contribution >= 0.6 is 0 Å². The molecule has 0 saturated heterocycles. The van der Waals surface area contributed by atoms with Crippen molar-refractivity contribution in [2.75, 3.05) is 0 Å². The highest BCUT2D eigenvalue weighted by molar-refractivity contribution is 6.23. The van der Waals surface area contributed by atoms with Gasteiger partial charge in [0.05, 0.1) is 5.69 Å². The van der Waals surface area contributed by atoms with Crippen molar-refractivity contribution in [1.29, 1.82) is 0 Å². The molecule has 11 rings (SSSR count). The zero-order valence-electron chi connectivity index (χ0n) is 29.8. The van der Waals surface area contributed by atoms with E-state index in [-0.39, 0.29) is 0 Å². The van der Waals surface area contributed by atoms with Crippen molar-refractivity contribution in [3.63, 3.8) is 0 Å². The third-order valence-electron chi connectivity index (χ3n) is 10.9. The fraction of sp³-hybridized carbons (Fsp3) is 0. The third kappa shape index (κ3) is 5.11. The molecule has 0 aliphatic carbocycles. The second-order valence-corrected chi connectivity index (χ2v) is 14.1. The maximum atomic E-state index is 5.04. The van der Waals surface area contributed by atoms with E-state index in [1.807, 2.05) is 12.3 Å². The Morgan fingerprint density at radius 3 is 1.69 bits per heavy atom. The quantitative estimate of drug-likeness (QED) is 0.168. The summed E-state index contributed by atoms with van der Waals surface area (Å²) in [7, 11) is 0. The molecule has 11 aromatic rings. The molecule has 0 aliphatic heterocycles. The lowest BCUT2D eigenvalue weighted by Gasteiger charge is -2.19. The molecule has 0 unspecified atom stereocenters. The Bertz CT molecular complexity index is 3190. The summed E-state index contributed by atoms with van der Waals surface area (Å²) in [5, 5.41) is 19.8. The lowest BCUT2D eigenvalue weighted by Crippen LogP contribution is -1.98. The summed E-state index contributed by atoms with van der Waals surface area (Å²) in [6.07, 6.45) is 3.67. The van der Waals surface area contributed by atoms with Gasteiger partial charge in [-0.25, -0.2) is 0 Å². The average Bonchev–Trinajstić information content (AvgIpc) is 3.70. The molecule has 0 saturated carbocycles. The highest BCUT2D eigenvalue weighted by Crippen LogP contribution is 2.46. The van der Waals surface area contributed by atoms with Crippen molar-refractivity contribution in [2.45, 2.75) is 0 Å². The molecule has 0 amide bonds. The van der Waals surface area contributed by atoms with Crippen LogP contribution in [-0.2, 0) is 0 Å². The van der Waals surface area contributed by atoms with E-state index in [1.165, 1.54) is 54.6 Å². The van der Waals surface area contributed by atoms with Gasteiger partial charge in [-0.15, -0.1) is 10.2 Å². The van der Waals surface area contributed by atoms with E-state index in [1.54, 1.807) is 11.0 Å². The fourth-order valence-electron chi connectivity index (χ4n) is 8.44. The van der Waals surface area contributed by atoms with Gasteiger partial charge in [0.15, 0.2) is 0 Å². The van der Waals surface area contributed by atoms with Gasteiger partial charge in [0.2, 0.25) is 0 Å². The Kier molecular flexibility index (Phi) is 7.14. The van der Waals surface area contributed by atoms with Crippen molar-refractivity contribution in [3.05, 3.63) is 194 Å². The van der Waals surface area contributed by atoms with Crippen LogP contribution in [0.4, 0.5) is 0 Å². The molecule has 0 radical (unpaired) electrons. The Morgan fingerprint density at radius 1 is 0.364 bits per heavy atom. The van der Waals surface area contributed by atoms with E-state index in [0.29, 0.717) is 0 Å². The molecule has 4 heteroatoms. The summed E-state index contributed by atoms with van der Waals surface area (Å²) in [4.78, 5) is 6.03. The van der Waals surface area contributed by atoms with E-state index >= 15 is 0 Å². The van der Waals surface area contributed by atoms with E-state index in [9.17, 15) is 0 Å². The van der Waals surface area contributed by atoms with E-state index < -0.39 is 0 Å². The zero-order chi connectivity index (χ0) is 36.3. The molecule has 0 spiro atoms. The number of benzene rings is 9. The summed E-state index contributed by atoms with van der Waals surface area (Å²) in [5.74, 6) is 0. The molecule has 2 heterocycles. The van der Waals surface area contributed by atoms with Crippen molar-refractivity contribution in [3.8, 4) is 50.2 Å². The van der Waals surface area contributed by atoms with Crippen LogP contribution in [-0.4, -0.2) is 20.0 Å². The molecule has 2 aromatic heterocycles. The standard InChI is InChI=1S/C51H32N4/c1-2-17-39-34(12-1)13-10-24-41(39)50-44-21-6-4-19-42(44)49(43-20-5-7-22-45(43)50)36-15-9-14-35(30-36)47-31-48-51(46-23-8-3-18-40(46)47)54-55(53-48)38-27-25-33(26-28-38)37-16-11-29-52-32-37/h1-32H. The Morgan fingerprint density at radius 2 is 0.964 bits per heavy atom. The monoisotopic (exact) mass is 700 g/mol. The van der Waals surface area contributed by atoms with E-state index in [2.05, 4.69) is 181 Å². The second kappa shape index (κ2) is 12.6. The van der Waals surface area contributed by atoms with Gasteiger partial charge in [0, 0.05) is 17.8 Å². The molecular formula is C51H32N4. The zero-order valence-corrected chi connectivity index (χ0v) is 29.8. The Balaban J connectivity index is 1.08. The summed E-state index contributed by atoms with van der Waals surface area (Å²) in [6.45, 7) is 0. The fourth-order valence-corrected chi connectivity index (χ4v) is 8.44. The second-order valence-electron chi connectivity index (χ2n) is 14.1. The summed E-state index contributed by atoms with van der Waals surface area (Å²) >= 11 is 0. The summed E-state index contributed by atoms with van der Waals surface area (Å²) in [5.41, 5.74) is 12.0. The van der Waals surface area contributed by atoms with Crippen LogP contribution in [0.1, 0.15) is 0 Å². The molecule has 256 valence electrons. The van der Waals surface area contributed by atoms with Gasteiger partial charge in [-0.3, -0.25) is 4.98 Å². The largest absolute Gasteiger partial charge is 0.264 e. The molecule has 0 fully saturated rings. The van der Waals surface area contributed by atoms with Crippen molar-refractivity contribution >= 4 is 54.1 Å². The lowest BCUT2D eigenvalue weighted by atomic mass is 9.84. The third-order valence-corrected chi connectivity index (χ3v) is 10.9. The van der Waals surface area contributed by atoms with E-state index in [0.717, 1.165) is 49.7 Å². The van der Waals surface area contributed by atoms with Gasteiger partial charge in [0.25, 0.3) is 0 Å². The van der Waals surface area contributed by atoms with Crippen LogP contribution < -0.4 is 0 Å². The van der Waals surface area contributed by atoms with Gasteiger partial charge in [-0.2, -0.15) is 4.80 Å². The summed E-state index contributed by atoms with van der Waals surface area (Å²) in [6, 6.07) is 65.2. The highest BCUT2D eigenvalue weighted by atomic mass is 15.5. The number of hydrogen-bond donors (Lipinski definition) is 0. The molecule has 0 bridgehead atoms. The first-order valence-electron chi connectivity index (χ1n) is 18.6. The van der Waals surface area contributed by atoms with Gasteiger partial charge in [-0.05, 0) is 113 Å². The number of fused-ring (bicyclic) bond motifs is 6. The Labute approximate surface area is 317 Å². The van der Waals surface area contributed by atoms with Gasteiger partial charge >= 0.3 is 0 Å². The normalized spacial score (nSPS) is 11.6. The predicted molar refractivity (Wildman–Crippen MR) is 228 cm³/mol. The topological polar surface area (TPSA) is 43.6 Å². The molecule has 9 aromatic carbocycles. The van der Waals surface area contributed by atoms with Crippen LogP contribution in [0, 0.1) is 0 Å². The minimum Gasteiger partial charge on any atom is -0.264 e. The van der Waals surface area contributed by atoms with Crippen LogP contribution in [0.3, 0.4) is 0 Å². The molecule has 4 nitrogen and oxygen atoms in total. The minimum atomic E-state index is 0.853. The first-order chi connectivity index (χ1) is 27.3. The maximum Gasteiger partial charge on any atom is 0.121 e. The van der Waals surface area contributed by atoms with Crippen LogP contribution in [0.5, 0.6) is 0 Å². The van der Waals surface area contributed by atoms with Crippen LogP contribution in [0.25, 0.3) is 104 Å². The minimum absolute atomic E-state index is 0.853. The Hall–Kier alpha value is -7.43. The van der Waals surface area contributed by atoms with Crippen molar-refractivity contribution in [2.24, 2.45) is 0 Å². The smallest absolute Gasteiger partial charge is 0.121 e. The van der Waals surface area contributed by atoms with E-state index in [4.69, 9.17) is 10.2 Å². The molecule has 0 atom stereocenters. The predicted octanol–water partition coefficient (Wildman–Crippen LogP) is 13.1. The maximum absolute atomic E-state index is 5.04. The van der Waals surface area contributed by atoms with Crippen LogP contribution in [0.15, 0.2) is 194 Å². The number of nitrogens with zero attached hydrogens (tertiary/aromatic N) is 4. The SMILES string of the molecule is c1cncc(-c2ccc(-n3nc4cc(-c5cccc(-c6c7ccccc7c(-c7cccc8ccccc78)c7ccccc67)c5)c5ccccc5c4n3)cc2)c1.